The third-order valence-corrected chi connectivity index (χ3v) is 4.26. The third-order valence-electron chi connectivity index (χ3n) is 2.58. The van der Waals surface area contributed by atoms with Crippen LogP contribution in [0.2, 0.25) is 0 Å². The van der Waals surface area contributed by atoms with Gasteiger partial charge >= 0.3 is 0 Å². The van der Waals surface area contributed by atoms with Crippen molar-refractivity contribution in [1.29, 1.82) is 0 Å². The van der Waals surface area contributed by atoms with E-state index in [2.05, 4.69) is 33.4 Å². The average Bonchev–Trinajstić information content (AvgIpc) is 2.85. The highest BCUT2D eigenvalue weighted by Crippen LogP contribution is 2.30. The van der Waals surface area contributed by atoms with Crippen LogP contribution in [0.5, 0.6) is 11.5 Å². The molecule has 5 heteroatoms. The predicted octanol–water partition coefficient (Wildman–Crippen LogP) is 3.82. The van der Waals surface area contributed by atoms with Gasteiger partial charge in [0.05, 0.1) is 11.6 Å². The van der Waals surface area contributed by atoms with Gasteiger partial charge in [-0.05, 0) is 53.3 Å². The Morgan fingerprint density at radius 2 is 2.00 bits per heavy atom. The summed E-state index contributed by atoms with van der Waals surface area (Å²) in [5.74, 6) is 1.64. The Hall–Kier alpha value is -1.04. The van der Waals surface area contributed by atoms with Crippen LogP contribution in [0, 0.1) is 0 Å². The summed E-state index contributed by atoms with van der Waals surface area (Å²) in [6.07, 6.45) is 0. The van der Waals surface area contributed by atoms with Crippen LogP contribution in [0.15, 0.2) is 34.8 Å². The number of methoxy groups -OCH3 is 1. The highest BCUT2D eigenvalue weighted by molar-refractivity contribution is 9.10. The van der Waals surface area contributed by atoms with E-state index >= 15 is 0 Å². The van der Waals surface area contributed by atoms with Crippen molar-refractivity contribution in [2.75, 3.05) is 14.2 Å². The topological polar surface area (TPSA) is 30.5 Å². The summed E-state index contributed by atoms with van der Waals surface area (Å²) in [5.41, 5.74) is 0. The van der Waals surface area contributed by atoms with Crippen LogP contribution in [-0.4, -0.2) is 14.2 Å². The lowest BCUT2D eigenvalue weighted by Crippen LogP contribution is -2.02. The van der Waals surface area contributed by atoms with E-state index in [1.54, 1.807) is 18.4 Å². The zero-order chi connectivity index (χ0) is 13.7. The van der Waals surface area contributed by atoms with Crippen LogP contribution in [0.3, 0.4) is 0 Å². The minimum atomic E-state index is 0.583. The molecule has 0 atom stereocenters. The lowest BCUT2D eigenvalue weighted by Gasteiger charge is -2.08. The maximum absolute atomic E-state index is 5.80. The van der Waals surface area contributed by atoms with Crippen LogP contribution in [-0.2, 0) is 13.2 Å². The van der Waals surface area contributed by atoms with Crippen molar-refractivity contribution in [3.8, 4) is 11.5 Å². The summed E-state index contributed by atoms with van der Waals surface area (Å²) in [5, 5.41) is 3.14. The van der Waals surface area contributed by atoms with Gasteiger partial charge in [-0.3, -0.25) is 0 Å². The second kappa shape index (κ2) is 6.93. The number of nitrogens with one attached hydrogen (secondary N) is 1. The number of benzene rings is 1. The summed E-state index contributed by atoms with van der Waals surface area (Å²) in [6, 6.07) is 9.93. The average molecular weight is 342 g/mol. The quantitative estimate of drug-likeness (QED) is 0.866. The Morgan fingerprint density at radius 3 is 2.68 bits per heavy atom. The monoisotopic (exact) mass is 341 g/mol. The molecule has 0 aliphatic rings. The number of ether oxygens (including phenoxy) is 2. The Kier molecular flexibility index (Phi) is 5.24. The number of hydrogen-bond donors (Lipinski definition) is 1. The highest BCUT2D eigenvalue weighted by Gasteiger charge is 2.05. The van der Waals surface area contributed by atoms with Crippen molar-refractivity contribution in [2.24, 2.45) is 0 Å². The van der Waals surface area contributed by atoms with E-state index in [4.69, 9.17) is 9.47 Å². The number of halogens is 1. The molecule has 1 aromatic heterocycles. The molecule has 0 amide bonds. The van der Waals surface area contributed by atoms with E-state index in [-0.39, 0.29) is 0 Å². The van der Waals surface area contributed by atoms with Crippen LogP contribution in [0.1, 0.15) is 9.75 Å². The van der Waals surface area contributed by atoms with E-state index in [1.807, 2.05) is 25.2 Å². The lowest BCUT2D eigenvalue weighted by atomic mass is 10.3. The summed E-state index contributed by atoms with van der Waals surface area (Å²) < 4.78 is 11.9. The second-order valence-electron chi connectivity index (χ2n) is 3.98. The maximum Gasteiger partial charge on any atom is 0.134 e. The minimum absolute atomic E-state index is 0.583. The molecule has 2 aromatic rings. The first kappa shape index (κ1) is 14.4. The zero-order valence-corrected chi connectivity index (χ0v) is 13.3. The van der Waals surface area contributed by atoms with E-state index in [0.717, 1.165) is 22.5 Å². The first-order valence-corrected chi connectivity index (χ1v) is 7.52. The first-order chi connectivity index (χ1) is 9.22. The van der Waals surface area contributed by atoms with Gasteiger partial charge in [0.25, 0.3) is 0 Å². The molecule has 19 heavy (non-hydrogen) atoms. The summed E-state index contributed by atoms with van der Waals surface area (Å²) in [6.45, 7) is 1.48. The molecule has 0 unspecified atom stereocenters. The summed E-state index contributed by atoms with van der Waals surface area (Å²) in [4.78, 5) is 2.53. The van der Waals surface area contributed by atoms with Crippen LogP contribution < -0.4 is 14.8 Å². The molecular weight excluding hydrogens is 326 g/mol. The Balaban J connectivity index is 1.97. The molecule has 1 aromatic carbocycles. The van der Waals surface area contributed by atoms with Gasteiger partial charge in [0.15, 0.2) is 0 Å². The summed E-state index contributed by atoms with van der Waals surface area (Å²) >= 11 is 5.24. The normalized spacial score (nSPS) is 10.5. The SMILES string of the molecule is CNCc1ccc(COc2ccc(OC)cc2Br)s1. The second-order valence-corrected chi connectivity index (χ2v) is 6.09. The Labute approximate surface area is 125 Å². The predicted molar refractivity (Wildman–Crippen MR) is 82.1 cm³/mol. The molecule has 0 saturated carbocycles. The maximum atomic E-state index is 5.80. The smallest absolute Gasteiger partial charge is 0.134 e. The largest absolute Gasteiger partial charge is 0.497 e. The van der Waals surface area contributed by atoms with Crippen LogP contribution >= 0.6 is 27.3 Å². The molecule has 3 nitrogen and oxygen atoms in total. The zero-order valence-electron chi connectivity index (χ0n) is 10.9. The summed E-state index contributed by atoms with van der Waals surface area (Å²) in [7, 11) is 3.60. The van der Waals surface area contributed by atoms with Crippen molar-refractivity contribution in [2.45, 2.75) is 13.2 Å². The van der Waals surface area contributed by atoms with Crippen molar-refractivity contribution in [3.63, 3.8) is 0 Å². The van der Waals surface area contributed by atoms with Gasteiger partial charge in [0.1, 0.15) is 18.1 Å². The lowest BCUT2D eigenvalue weighted by molar-refractivity contribution is 0.307. The molecule has 0 saturated heterocycles. The molecular formula is C14H16BrNO2S. The van der Waals surface area contributed by atoms with Gasteiger partial charge < -0.3 is 14.8 Å². The van der Waals surface area contributed by atoms with Gasteiger partial charge in [0.2, 0.25) is 0 Å². The Morgan fingerprint density at radius 1 is 1.21 bits per heavy atom. The van der Waals surface area contributed by atoms with Crippen molar-refractivity contribution in [3.05, 3.63) is 44.6 Å². The van der Waals surface area contributed by atoms with Crippen LogP contribution in [0.25, 0.3) is 0 Å². The molecule has 0 aliphatic heterocycles. The van der Waals surface area contributed by atoms with Crippen LogP contribution in [0.4, 0.5) is 0 Å². The highest BCUT2D eigenvalue weighted by atomic mass is 79.9. The molecule has 0 aliphatic carbocycles. The molecule has 0 spiro atoms. The van der Waals surface area contributed by atoms with E-state index < -0.39 is 0 Å². The van der Waals surface area contributed by atoms with Gasteiger partial charge in [-0.15, -0.1) is 11.3 Å². The van der Waals surface area contributed by atoms with E-state index in [9.17, 15) is 0 Å². The van der Waals surface area contributed by atoms with Crippen molar-refractivity contribution < 1.29 is 9.47 Å². The molecule has 2 rings (SSSR count). The van der Waals surface area contributed by atoms with Crippen molar-refractivity contribution in [1.82, 2.24) is 5.32 Å². The van der Waals surface area contributed by atoms with Gasteiger partial charge in [-0.25, -0.2) is 0 Å². The third kappa shape index (κ3) is 3.96. The number of hydrogen-bond acceptors (Lipinski definition) is 4. The minimum Gasteiger partial charge on any atom is -0.497 e. The van der Waals surface area contributed by atoms with Gasteiger partial charge in [0, 0.05) is 16.3 Å². The fraction of sp³-hybridized carbons (Fsp3) is 0.286. The molecule has 0 bridgehead atoms. The first-order valence-electron chi connectivity index (χ1n) is 5.91. The molecule has 0 fully saturated rings. The number of thiophene rings is 1. The Bertz CT molecular complexity index is 542. The standard InChI is InChI=1S/C14H16BrNO2S/c1-16-8-11-4-5-12(19-11)9-18-14-6-3-10(17-2)7-13(14)15/h3-7,16H,8-9H2,1-2H3. The van der Waals surface area contributed by atoms with Gasteiger partial charge in [-0.1, -0.05) is 0 Å². The molecule has 102 valence electrons. The molecule has 1 heterocycles. The molecule has 1 N–H and O–H groups in total. The van der Waals surface area contributed by atoms with Gasteiger partial charge in [-0.2, -0.15) is 0 Å². The van der Waals surface area contributed by atoms with Crippen molar-refractivity contribution >= 4 is 27.3 Å². The fourth-order valence-corrected chi connectivity index (χ4v) is 3.06. The van der Waals surface area contributed by atoms with E-state index in [0.29, 0.717) is 6.61 Å². The fourth-order valence-electron chi connectivity index (χ4n) is 1.64. The number of rotatable bonds is 6. The molecule has 0 radical (unpaired) electrons. The van der Waals surface area contributed by atoms with E-state index in [1.165, 1.54) is 9.75 Å².